The van der Waals surface area contributed by atoms with Crippen molar-refractivity contribution in [3.63, 3.8) is 0 Å². The van der Waals surface area contributed by atoms with Crippen molar-refractivity contribution in [2.24, 2.45) is 5.41 Å². The molecule has 2 bridgehead atoms. The highest BCUT2D eigenvalue weighted by molar-refractivity contribution is 5.48. The summed E-state index contributed by atoms with van der Waals surface area (Å²) in [7, 11) is 0. The molecule has 2 saturated carbocycles. The molecule has 6 nitrogen and oxygen atoms in total. The van der Waals surface area contributed by atoms with Crippen LogP contribution in [-0.2, 0) is 4.79 Å². The molecule has 4 heterocycles. The molecule has 0 aromatic carbocycles. The van der Waals surface area contributed by atoms with Crippen molar-refractivity contribution in [1.82, 2.24) is 19.8 Å². The topological polar surface area (TPSA) is 52.6 Å². The van der Waals surface area contributed by atoms with Gasteiger partial charge < -0.3 is 14.6 Å². The van der Waals surface area contributed by atoms with Gasteiger partial charge in [-0.3, -0.25) is 4.90 Å². The van der Waals surface area contributed by atoms with E-state index in [-0.39, 0.29) is 0 Å². The summed E-state index contributed by atoms with van der Waals surface area (Å²) in [5.74, 6) is 1.63. The molecular weight excluding hydrogens is 422 g/mol. The van der Waals surface area contributed by atoms with Crippen LogP contribution in [-0.4, -0.2) is 76.4 Å². The summed E-state index contributed by atoms with van der Waals surface area (Å²) in [4.78, 5) is 26.9. The Kier molecular flexibility index (Phi) is 7.27. The summed E-state index contributed by atoms with van der Waals surface area (Å²) in [6, 6.07) is 2.73. The number of hydrogen-bond donors (Lipinski definition) is 0. The summed E-state index contributed by atoms with van der Waals surface area (Å²) in [5, 5.41) is 0. The molecule has 1 aromatic heterocycles. The molecule has 5 aliphatic rings. The Morgan fingerprint density at radius 2 is 1.59 bits per heavy atom. The van der Waals surface area contributed by atoms with E-state index in [4.69, 9.17) is 9.97 Å². The molecule has 1 aromatic rings. The van der Waals surface area contributed by atoms with E-state index in [1.165, 1.54) is 89.5 Å². The van der Waals surface area contributed by atoms with Crippen molar-refractivity contribution in [2.75, 3.05) is 31.1 Å². The first-order chi connectivity index (χ1) is 16.5. The van der Waals surface area contributed by atoms with E-state index < -0.39 is 0 Å². The third-order valence-electron chi connectivity index (χ3n) is 9.57. The SMILES string of the molecule is CC(C)N1CC2CCC(C1)N2c1ncc(C2CCN(C3CC4(CCC4)C3)CC2)cn1.CCC=O. The monoisotopic (exact) mass is 467 g/mol. The average Bonchev–Trinajstić information content (AvgIpc) is 3.06. The van der Waals surface area contributed by atoms with Crippen molar-refractivity contribution >= 4 is 12.2 Å². The number of nitrogens with zero attached hydrogens (tertiary/aromatic N) is 5. The van der Waals surface area contributed by atoms with Crippen molar-refractivity contribution in [1.29, 1.82) is 0 Å². The lowest BCUT2D eigenvalue weighted by molar-refractivity contribution is -0.107. The Bertz CT molecular complexity index is 793. The number of carbonyl (C=O) groups excluding carboxylic acids is 1. The molecule has 1 spiro atoms. The lowest BCUT2D eigenvalue weighted by Crippen LogP contribution is -2.56. The van der Waals surface area contributed by atoms with Gasteiger partial charge in [0.25, 0.3) is 0 Å². The number of anilines is 1. The number of piperidine rings is 1. The van der Waals surface area contributed by atoms with Crippen molar-refractivity contribution in [3.8, 4) is 0 Å². The van der Waals surface area contributed by atoms with E-state index >= 15 is 0 Å². The number of rotatable bonds is 5. The molecule has 6 heteroatoms. The second kappa shape index (κ2) is 10.2. The van der Waals surface area contributed by atoms with Gasteiger partial charge in [-0.1, -0.05) is 13.3 Å². The van der Waals surface area contributed by atoms with E-state index in [0.717, 1.165) is 23.7 Å². The predicted molar refractivity (Wildman–Crippen MR) is 137 cm³/mol. The van der Waals surface area contributed by atoms with Crippen LogP contribution < -0.4 is 4.90 Å². The smallest absolute Gasteiger partial charge is 0.225 e. The molecule has 2 unspecified atom stereocenters. The number of aromatic nitrogens is 2. The summed E-state index contributed by atoms with van der Waals surface area (Å²) >= 11 is 0. The summed E-state index contributed by atoms with van der Waals surface area (Å²) in [6.45, 7) is 11.3. The molecular formula is C28H45N5O. The Labute approximate surface area is 206 Å². The van der Waals surface area contributed by atoms with Gasteiger partial charge >= 0.3 is 0 Å². The van der Waals surface area contributed by atoms with Crippen LogP contribution in [0.4, 0.5) is 5.95 Å². The Hall–Kier alpha value is -1.53. The summed E-state index contributed by atoms with van der Waals surface area (Å²) < 4.78 is 0. The molecule has 0 radical (unpaired) electrons. The molecule has 0 N–H and O–H groups in total. The molecule has 2 atom stereocenters. The van der Waals surface area contributed by atoms with Crippen LogP contribution in [0.2, 0.25) is 0 Å². The van der Waals surface area contributed by atoms with Crippen LogP contribution >= 0.6 is 0 Å². The van der Waals surface area contributed by atoms with Crippen LogP contribution in [0.25, 0.3) is 0 Å². The minimum Gasteiger partial charge on any atom is -0.332 e. The lowest BCUT2D eigenvalue weighted by atomic mass is 9.53. The zero-order valence-electron chi connectivity index (χ0n) is 21.7. The van der Waals surface area contributed by atoms with Gasteiger partial charge in [0.05, 0.1) is 0 Å². The van der Waals surface area contributed by atoms with Crippen LogP contribution in [0.3, 0.4) is 0 Å². The number of carbonyl (C=O) groups is 1. The standard InChI is InChI=1S/C25H39N5.C3H6O/c1-18(2)29-16-21-4-5-22(17-29)30(21)24-26-14-20(15-27-24)19-6-10-28(11-7-19)23-12-25(13-23)8-3-9-25;1-2-3-4/h14-15,18-19,21-23H,3-13,16-17H2,1-2H3;3H,2H2,1H3. The van der Waals surface area contributed by atoms with Crippen LogP contribution in [0.1, 0.15) is 96.5 Å². The predicted octanol–water partition coefficient (Wildman–Crippen LogP) is 4.65. The molecule has 6 rings (SSSR count). The van der Waals surface area contributed by atoms with E-state index in [1.54, 1.807) is 0 Å². The maximum atomic E-state index is 9.17. The average molecular weight is 468 g/mol. The third kappa shape index (κ3) is 4.77. The van der Waals surface area contributed by atoms with Crippen molar-refractivity contribution < 1.29 is 4.79 Å². The normalized spacial score (nSPS) is 29.5. The molecule has 0 amide bonds. The van der Waals surface area contributed by atoms with Crippen LogP contribution in [0, 0.1) is 5.41 Å². The maximum Gasteiger partial charge on any atom is 0.225 e. The fourth-order valence-electron chi connectivity index (χ4n) is 7.24. The molecule has 3 aliphatic heterocycles. The lowest BCUT2D eigenvalue weighted by Gasteiger charge is -2.58. The molecule has 3 saturated heterocycles. The number of aldehydes is 1. The Morgan fingerprint density at radius 3 is 2.06 bits per heavy atom. The van der Waals surface area contributed by atoms with E-state index in [1.807, 2.05) is 6.92 Å². The maximum absolute atomic E-state index is 9.17. The van der Waals surface area contributed by atoms with Crippen LogP contribution in [0.5, 0.6) is 0 Å². The first kappa shape index (κ1) is 24.2. The zero-order valence-corrected chi connectivity index (χ0v) is 21.7. The van der Waals surface area contributed by atoms with Gasteiger partial charge in [0, 0.05) is 56.1 Å². The second-order valence-corrected chi connectivity index (χ2v) is 12.0. The molecule has 5 fully saturated rings. The van der Waals surface area contributed by atoms with Crippen LogP contribution in [0.15, 0.2) is 12.4 Å². The van der Waals surface area contributed by atoms with Gasteiger partial charge in [-0.15, -0.1) is 0 Å². The fraction of sp³-hybridized carbons (Fsp3) is 0.821. The van der Waals surface area contributed by atoms with Gasteiger partial charge in [-0.25, -0.2) is 9.97 Å². The highest BCUT2D eigenvalue weighted by Crippen LogP contribution is 2.57. The number of fused-ring (bicyclic) bond motifs is 2. The van der Waals surface area contributed by atoms with E-state index in [2.05, 4.69) is 40.9 Å². The molecule has 2 aliphatic carbocycles. The minimum atomic E-state index is 0.599. The van der Waals surface area contributed by atoms with Crippen molar-refractivity contribution in [3.05, 3.63) is 18.0 Å². The minimum absolute atomic E-state index is 0.599. The summed E-state index contributed by atoms with van der Waals surface area (Å²) in [6.07, 6.45) is 18.5. The van der Waals surface area contributed by atoms with Crippen molar-refractivity contribution in [2.45, 2.75) is 115 Å². The first-order valence-electron chi connectivity index (χ1n) is 14.0. The van der Waals surface area contributed by atoms with Gasteiger partial charge in [0.1, 0.15) is 6.29 Å². The Balaban J connectivity index is 0.000000560. The quantitative estimate of drug-likeness (QED) is 0.588. The highest BCUT2D eigenvalue weighted by Gasteiger charge is 2.50. The molecule has 188 valence electrons. The second-order valence-electron chi connectivity index (χ2n) is 12.0. The molecule has 34 heavy (non-hydrogen) atoms. The van der Waals surface area contributed by atoms with Gasteiger partial charge in [-0.05, 0) is 95.2 Å². The largest absolute Gasteiger partial charge is 0.332 e. The number of piperazine rings is 1. The third-order valence-corrected chi connectivity index (χ3v) is 9.57. The fourth-order valence-corrected chi connectivity index (χ4v) is 7.24. The zero-order chi connectivity index (χ0) is 23.7. The first-order valence-corrected chi connectivity index (χ1v) is 14.0. The summed E-state index contributed by atoms with van der Waals surface area (Å²) in [5.41, 5.74) is 2.17. The van der Waals surface area contributed by atoms with Gasteiger partial charge in [-0.2, -0.15) is 0 Å². The number of hydrogen-bond acceptors (Lipinski definition) is 6. The van der Waals surface area contributed by atoms with E-state index in [0.29, 0.717) is 30.5 Å². The number of likely N-dealkylation sites (tertiary alicyclic amines) is 2. The Morgan fingerprint density at radius 1 is 1.00 bits per heavy atom. The van der Waals surface area contributed by atoms with Gasteiger partial charge in [0.15, 0.2) is 0 Å². The highest BCUT2D eigenvalue weighted by atomic mass is 16.1. The van der Waals surface area contributed by atoms with E-state index in [9.17, 15) is 4.79 Å². The van der Waals surface area contributed by atoms with Gasteiger partial charge in [0.2, 0.25) is 5.95 Å².